The van der Waals surface area contributed by atoms with Gasteiger partial charge in [0.15, 0.2) is 0 Å². The zero-order valence-electron chi connectivity index (χ0n) is 18.0. The number of hydrogen-bond donors (Lipinski definition) is 4. The van der Waals surface area contributed by atoms with E-state index >= 15 is 0 Å². The number of aromatic amines is 1. The van der Waals surface area contributed by atoms with Gasteiger partial charge in [-0.25, -0.2) is 10.3 Å². The Labute approximate surface area is 199 Å². The van der Waals surface area contributed by atoms with Crippen LogP contribution in [0.3, 0.4) is 0 Å². The third-order valence-electron chi connectivity index (χ3n) is 5.41. The van der Waals surface area contributed by atoms with E-state index in [1.807, 2.05) is 31.4 Å². The molecule has 0 saturated carbocycles. The topological polar surface area (TPSA) is 125 Å². The van der Waals surface area contributed by atoms with Crippen LogP contribution in [0.1, 0.15) is 15.9 Å². The second-order valence-corrected chi connectivity index (χ2v) is 7.96. The second-order valence-electron chi connectivity index (χ2n) is 7.74. The van der Waals surface area contributed by atoms with Gasteiger partial charge < -0.3 is 15.0 Å². The lowest BCUT2D eigenvalue weighted by molar-refractivity contribution is -0.118. The normalized spacial score (nSPS) is 13.4. The number of carbonyl (C=O) groups excluding carboxylic acids is 2. The number of nitrogens with one attached hydrogen (secondary N) is 4. The largest absolute Gasteiger partial charge is 0.491 e. The highest BCUT2D eigenvalue weighted by atomic mass is 35.5. The molecule has 10 nitrogen and oxygen atoms in total. The number of aromatic nitrogens is 3. The maximum Gasteiger partial charge on any atom is 0.272 e. The average molecular weight is 478 g/mol. The first-order chi connectivity index (χ1) is 16.5. The van der Waals surface area contributed by atoms with Crippen LogP contribution < -0.4 is 20.3 Å². The van der Waals surface area contributed by atoms with Crippen molar-refractivity contribution < 1.29 is 14.3 Å². The van der Waals surface area contributed by atoms with Crippen LogP contribution in [0.25, 0.3) is 22.2 Å². The first-order valence-electron chi connectivity index (χ1n) is 10.4. The molecule has 0 unspecified atom stereocenters. The number of rotatable bonds is 7. The molecule has 172 valence electrons. The molecule has 0 saturated heterocycles. The molecular weight excluding hydrogens is 458 g/mol. The van der Waals surface area contributed by atoms with E-state index in [9.17, 15) is 9.59 Å². The molecular formula is C23H20ClN7O3. The first kappa shape index (κ1) is 21.7. The minimum Gasteiger partial charge on any atom is -0.491 e. The summed E-state index contributed by atoms with van der Waals surface area (Å²) < 4.78 is 7.33. The fourth-order valence-corrected chi connectivity index (χ4v) is 3.98. The van der Waals surface area contributed by atoms with E-state index in [2.05, 4.69) is 30.8 Å². The van der Waals surface area contributed by atoms with Crippen molar-refractivity contribution >= 4 is 46.4 Å². The van der Waals surface area contributed by atoms with Crippen molar-refractivity contribution in [2.75, 3.05) is 11.9 Å². The van der Waals surface area contributed by atoms with Gasteiger partial charge in [0.1, 0.15) is 18.4 Å². The number of aryl methyl sites for hydroxylation is 1. The smallest absolute Gasteiger partial charge is 0.272 e. The molecule has 1 aliphatic heterocycles. The first-order valence-corrected chi connectivity index (χ1v) is 10.8. The molecule has 0 radical (unpaired) electrons. The molecule has 4 N–H and O–H groups in total. The number of para-hydroxylation sites is 1. The average Bonchev–Trinajstić information content (AvgIpc) is 3.38. The van der Waals surface area contributed by atoms with Gasteiger partial charge in [0.05, 0.1) is 23.7 Å². The number of hydrazone groups is 1. The lowest BCUT2D eigenvalue weighted by Crippen LogP contribution is -2.40. The van der Waals surface area contributed by atoms with Gasteiger partial charge >= 0.3 is 0 Å². The summed E-state index contributed by atoms with van der Waals surface area (Å²) in [6.45, 7) is 0.0145. The standard InChI is InChI=1S/C23H20ClN7O3/c1-31-11-13(9-26-31)21-17-10-25-30-22(32)16-7-14(8-18(28-21)20(16)17)27-23(33)19(29-24)12-34-15-5-3-2-4-6-15/h2-11,19,28-29H,12H2,1H3,(H,27,33)(H,30,32)/t19-/m1/s1. The number of carbonyl (C=O) groups is 2. The summed E-state index contributed by atoms with van der Waals surface area (Å²) in [4.78, 5) is 31.4. The van der Waals surface area contributed by atoms with Gasteiger partial charge in [0.25, 0.3) is 5.91 Å². The molecule has 2 aromatic carbocycles. The SMILES string of the molecule is Cn1cc(-c2[nH]c3cc(NC(=O)[C@@H](COc4ccccc4)NCl)cc4c3c2C=NNC4=O)cn1. The highest BCUT2D eigenvalue weighted by Crippen LogP contribution is 2.34. The summed E-state index contributed by atoms with van der Waals surface area (Å²) in [5.74, 6) is -0.179. The minimum absolute atomic E-state index is 0.0145. The van der Waals surface area contributed by atoms with Crippen LogP contribution in [-0.2, 0) is 11.8 Å². The molecule has 0 bridgehead atoms. The van der Waals surface area contributed by atoms with Crippen LogP contribution in [-0.4, -0.2) is 45.4 Å². The van der Waals surface area contributed by atoms with E-state index in [-0.39, 0.29) is 12.5 Å². The quantitative estimate of drug-likeness (QED) is 0.304. The van der Waals surface area contributed by atoms with Gasteiger partial charge in [-0.2, -0.15) is 10.2 Å². The Morgan fingerprint density at radius 2 is 2.09 bits per heavy atom. The molecule has 1 atom stereocenters. The van der Waals surface area contributed by atoms with Gasteiger partial charge in [-0.3, -0.25) is 14.3 Å². The van der Waals surface area contributed by atoms with Crippen LogP contribution >= 0.6 is 11.8 Å². The van der Waals surface area contributed by atoms with Gasteiger partial charge in [-0.15, -0.1) is 0 Å². The van der Waals surface area contributed by atoms with Crippen LogP contribution in [0.15, 0.2) is 60.0 Å². The third kappa shape index (κ3) is 4.12. The monoisotopic (exact) mass is 477 g/mol. The Morgan fingerprint density at radius 3 is 2.82 bits per heavy atom. The molecule has 11 heteroatoms. The van der Waals surface area contributed by atoms with E-state index in [1.165, 1.54) is 0 Å². The van der Waals surface area contributed by atoms with Crippen molar-refractivity contribution in [3.05, 3.63) is 66.0 Å². The second kappa shape index (κ2) is 9.00. The fraction of sp³-hybridized carbons (Fsp3) is 0.130. The summed E-state index contributed by atoms with van der Waals surface area (Å²) >= 11 is 5.81. The molecule has 0 spiro atoms. The maximum atomic E-state index is 12.9. The van der Waals surface area contributed by atoms with Gasteiger partial charge in [0.2, 0.25) is 5.91 Å². The number of hydrogen-bond acceptors (Lipinski definition) is 6. The lowest BCUT2D eigenvalue weighted by Gasteiger charge is -2.16. The van der Waals surface area contributed by atoms with E-state index in [0.29, 0.717) is 27.9 Å². The number of anilines is 1. The van der Waals surface area contributed by atoms with Crippen molar-refractivity contribution in [2.45, 2.75) is 6.04 Å². The predicted molar refractivity (Wildman–Crippen MR) is 129 cm³/mol. The molecule has 2 amide bonds. The van der Waals surface area contributed by atoms with Crippen molar-refractivity contribution in [2.24, 2.45) is 12.1 Å². The van der Waals surface area contributed by atoms with Gasteiger partial charge in [0, 0.05) is 41.0 Å². The Bertz CT molecular complexity index is 1410. The van der Waals surface area contributed by atoms with Crippen molar-refractivity contribution in [3.63, 3.8) is 0 Å². The molecule has 3 heterocycles. The molecule has 34 heavy (non-hydrogen) atoms. The van der Waals surface area contributed by atoms with Crippen molar-refractivity contribution in [3.8, 4) is 17.0 Å². The van der Waals surface area contributed by atoms with E-state index in [0.717, 1.165) is 16.8 Å². The summed E-state index contributed by atoms with van der Waals surface area (Å²) in [5.41, 5.74) is 6.34. The molecule has 0 aliphatic carbocycles. The van der Waals surface area contributed by atoms with Crippen molar-refractivity contribution in [1.82, 2.24) is 25.0 Å². The predicted octanol–water partition coefficient (Wildman–Crippen LogP) is 2.78. The molecule has 1 aliphatic rings. The van der Waals surface area contributed by atoms with E-state index in [1.54, 1.807) is 41.4 Å². The highest BCUT2D eigenvalue weighted by Gasteiger charge is 2.24. The third-order valence-corrected chi connectivity index (χ3v) is 5.67. The lowest BCUT2D eigenvalue weighted by atomic mass is 10.0. The molecule has 2 aromatic heterocycles. The summed E-state index contributed by atoms with van der Waals surface area (Å²) in [6.07, 6.45) is 5.18. The van der Waals surface area contributed by atoms with Crippen LogP contribution in [0.2, 0.25) is 0 Å². The van der Waals surface area contributed by atoms with Crippen molar-refractivity contribution in [1.29, 1.82) is 0 Å². The highest BCUT2D eigenvalue weighted by molar-refractivity contribution is 6.19. The fourth-order valence-electron chi connectivity index (χ4n) is 3.81. The number of H-pyrrole nitrogens is 1. The zero-order valence-corrected chi connectivity index (χ0v) is 18.8. The molecule has 4 aromatic rings. The van der Waals surface area contributed by atoms with Gasteiger partial charge in [-0.05, 0) is 36.0 Å². The van der Waals surface area contributed by atoms with Crippen LogP contribution in [0.4, 0.5) is 5.69 Å². The zero-order chi connectivity index (χ0) is 23.7. The summed E-state index contributed by atoms with van der Waals surface area (Å²) in [7, 11) is 1.82. The number of benzene rings is 2. The summed E-state index contributed by atoms with van der Waals surface area (Å²) in [6, 6.07) is 11.6. The van der Waals surface area contributed by atoms with E-state index < -0.39 is 11.9 Å². The number of amides is 2. The maximum absolute atomic E-state index is 12.9. The Balaban J connectivity index is 1.45. The minimum atomic E-state index is -0.834. The Hall–Kier alpha value is -4.15. The number of halogens is 1. The number of nitrogens with zero attached hydrogens (tertiary/aromatic N) is 3. The van der Waals surface area contributed by atoms with Gasteiger partial charge in [-0.1, -0.05) is 18.2 Å². The number of ether oxygens (including phenoxy) is 1. The van der Waals surface area contributed by atoms with Crippen LogP contribution in [0.5, 0.6) is 5.75 Å². The summed E-state index contributed by atoms with van der Waals surface area (Å²) in [5, 5.41) is 11.8. The van der Waals surface area contributed by atoms with Crippen LogP contribution in [0, 0.1) is 0 Å². The van der Waals surface area contributed by atoms with E-state index in [4.69, 9.17) is 16.5 Å². The Kier molecular flexibility index (Phi) is 5.74. The molecule has 5 rings (SSSR count). The Morgan fingerprint density at radius 1 is 1.26 bits per heavy atom. The molecule has 0 fully saturated rings.